The van der Waals surface area contributed by atoms with Crippen LogP contribution in [0.2, 0.25) is 0 Å². The van der Waals surface area contributed by atoms with Crippen LogP contribution >= 0.6 is 7.82 Å². The lowest BCUT2D eigenvalue weighted by Crippen LogP contribution is -2.64. The Kier molecular flexibility index (Phi) is 39.1. The molecule has 1 rings (SSSR count). The highest BCUT2D eigenvalue weighted by Crippen LogP contribution is 2.47. The van der Waals surface area contributed by atoms with Crippen molar-refractivity contribution in [2.24, 2.45) is 0 Å². The summed E-state index contributed by atoms with van der Waals surface area (Å²) in [6, 6.07) is 0. The molecule has 1 aliphatic rings. The van der Waals surface area contributed by atoms with Gasteiger partial charge in [-0.2, -0.15) is 0 Å². The first-order valence-corrected chi connectivity index (χ1v) is 27.0. The number of rotatable bonds is 43. The van der Waals surface area contributed by atoms with Gasteiger partial charge in [0.05, 0.1) is 13.2 Å². The smallest absolute Gasteiger partial charge is 0.457 e. The Morgan fingerprint density at radius 3 is 1.41 bits per heavy atom. The summed E-state index contributed by atoms with van der Waals surface area (Å²) in [5.41, 5.74) is 0. The number of carbonyl (C=O) groups is 1. The average Bonchev–Trinajstić information content (AvgIpc) is 3.28. The van der Waals surface area contributed by atoms with Crippen molar-refractivity contribution in [3.05, 3.63) is 48.6 Å². The molecular formula is C51H93O12P. The minimum absolute atomic E-state index is 0.0765. The van der Waals surface area contributed by atoms with Crippen LogP contribution in [0.25, 0.3) is 0 Å². The Morgan fingerprint density at radius 1 is 0.516 bits per heavy atom. The maximum atomic E-state index is 12.8. The van der Waals surface area contributed by atoms with Gasteiger partial charge >= 0.3 is 13.8 Å². The normalized spacial score (nSPS) is 22.1. The second-order valence-electron chi connectivity index (χ2n) is 17.6. The first kappa shape index (κ1) is 60.3. The van der Waals surface area contributed by atoms with Gasteiger partial charge in [-0.3, -0.25) is 13.8 Å². The van der Waals surface area contributed by atoms with Crippen LogP contribution in [0, 0.1) is 0 Å². The summed E-state index contributed by atoms with van der Waals surface area (Å²) in [7, 11) is -5.02. The van der Waals surface area contributed by atoms with Gasteiger partial charge in [0, 0.05) is 13.0 Å². The largest absolute Gasteiger partial charge is 0.472 e. The molecule has 0 saturated heterocycles. The molecule has 0 bridgehead atoms. The molecule has 6 atom stereocenters. The summed E-state index contributed by atoms with van der Waals surface area (Å²) in [5.74, 6) is -0.481. The molecule has 1 fully saturated rings. The molecule has 0 aliphatic heterocycles. The molecule has 6 unspecified atom stereocenters. The number of hydrogen-bond acceptors (Lipinski definition) is 11. The molecule has 0 spiro atoms. The van der Waals surface area contributed by atoms with E-state index in [4.69, 9.17) is 18.5 Å². The maximum absolute atomic E-state index is 12.8. The number of ether oxygens (including phenoxy) is 2. The SMILES string of the molecule is CC/C=C\C/C=C\C/C=C\C/C=C\CCCCCCCCCCCCC(=O)OC(COCCCCCCCCCCCCCCCC)COP(=O)(O)OC1C(O)C(O)C(O)C(O)C1O. The quantitative estimate of drug-likeness (QED) is 0.0147. The van der Waals surface area contributed by atoms with Crippen LogP contribution in [0.1, 0.15) is 206 Å². The fourth-order valence-electron chi connectivity index (χ4n) is 7.70. The van der Waals surface area contributed by atoms with E-state index in [-0.39, 0.29) is 13.0 Å². The number of aliphatic hydroxyl groups excluding tert-OH is 5. The van der Waals surface area contributed by atoms with Crippen molar-refractivity contribution in [2.45, 2.75) is 249 Å². The Hall–Kier alpha value is -1.70. The van der Waals surface area contributed by atoms with Gasteiger partial charge in [-0.25, -0.2) is 4.57 Å². The Morgan fingerprint density at radius 2 is 0.922 bits per heavy atom. The van der Waals surface area contributed by atoms with E-state index >= 15 is 0 Å². The minimum Gasteiger partial charge on any atom is -0.457 e. The van der Waals surface area contributed by atoms with Crippen LogP contribution in [0.5, 0.6) is 0 Å². The van der Waals surface area contributed by atoms with Gasteiger partial charge in [0.1, 0.15) is 42.7 Å². The monoisotopic (exact) mass is 929 g/mol. The molecule has 0 aromatic heterocycles. The molecule has 374 valence electrons. The van der Waals surface area contributed by atoms with E-state index < -0.39 is 63.1 Å². The van der Waals surface area contributed by atoms with Crippen LogP contribution < -0.4 is 0 Å². The second-order valence-corrected chi connectivity index (χ2v) is 19.1. The molecule has 13 heteroatoms. The van der Waals surface area contributed by atoms with Crippen molar-refractivity contribution in [2.75, 3.05) is 19.8 Å². The molecule has 6 N–H and O–H groups in total. The predicted molar refractivity (Wildman–Crippen MR) is 258 cm³/mol. The molecule has 1 saturated carbocycles. The number of unbranched alkanes of at least 4 members (excludes halogenated alkanes) is 23. The zero-order valence-electron chi connectivity index (χ0n) is 40.1. The second kappa shape index (κ2) is 41.5. The van der Waals surface area contributed by atoms with E-state index in [2.05, 4.69) is 62.5 Å². The number of allylic oxidation sites excluding steroid dienone is 8. The molecular weight excluding hydrogens is 836 g/mol. The number of phosphoric ester groups is 1. The van der Waals surface area contributed by atoms with Crippen LogP contribution in [0.3, 0.4) is 0 Å². The van der Waals surface area contributed by atoms with Gasteiger partial charge in [-0.15, -0.1) is 0 Å². The highest BCUT2D eigenvalue weighted by molar-refractivity contribution is 7.47. The summed E-state index contributed by atoms with van der Waals surface area (Å²) in [6.07, 6.45) is 38.9. The van der Waals surface area contributed by atoms with Crippen LogP contribution in [0.15, 0.2) is 48.6 Å². The minimum atomic E-state index is -5.02. The molecule has 64 heavy (non-hydrogen) atoms. The Bertz CT molecular complexity index is 1240. The van der Waals surface area contributed by atoms with Gasteiger partial charge in [0.2, 0.25) is 0 Å². The summed E-state index contributed by atoms with van der Waals surface area (Å²) < 4.78 is 34.3. The van der Waals surface area contributed by atoms with E-state index in [9.17, 15) is 39.8 Å². The summed E-state index contributed by atoms with van der Waals surface area (Å²) in [4.78, 5) is 23.2. The molecule has 0 amide bonds. The highest BCUT2D eigenvalue weighted by atomic mass is 31.2. The molecule has 1 aliphatic carbocycles. The van der Waals surface area contributed by atoms with Crippen LogP contribution in [-0.2, 0) is 27.9 Å². The molecule has 0 aromatic rings. The Balaban J connectivity index is 2.32. The van der Waals surface area contributed by atoms with Crippen LogP contribution in [-0.4, -0.2) is 98.9 Å². The van der Waals surface area contributed by atoms with E-state index in [1.54, 1.807) is 0 Å². The standard InChI is InChI=1S/C51H93O12P/c1-3-5-7-9-11-13-15-17-19-20-21-22-23-24-25-26-27-28-30-32-34-36-38-40-45(52)62-44(42-60-41-39-37-35-33-31-29-18-16-14-12-10-8-6-4-2)43-61-64(58,59)63-51-49(56)47(54)46(53)48(55)50(51)57/h5,7,11,13,17,19,21-22,44,46-51,53-57H,3-4,6,8-10,12,14-16,18,20,23-43H2,1-2H3,(H,58,59)/b7-5-,13-11-,19-17-,22-21-. The predicted octanol–water partition coefficient (Wildman–Crippen LogP) is 11.2. The van der Waals surface area contributed by atoms with Crippen LogP contribution in [0.4, 0.5) is 0 Å². The third-order valence-electron chi connectivity index (χ3n) is 11.7. The van der Waals surface area contributed by atoms with E-state index in [1.165, 1.54) is 109 Å². The number of phosphoric acid groups is 1. The fourth-order valence-corrected chi connectivity index (χ4v) is 8.67. The van der Waals surface area contributed by atoms with Crippen molar-refractivity contribution in [3.8, 4) is 0 Å². The molecule has 0 heterocycles. The number of esters is 1. The molecule has 0 aromatic carbocycles. The van der Waals surface area contributed by atoms with Crippen molar-refractivity contribution in [3.63, 3.8) is 0 Å². The molecule has 12 nitrogen and oxygen atoms in total. The van der Waals surface area contributed by atoms with Crippen molar-refractivity contribution in [1.29, 1.82) is 0 Å². The van der Waals surface area contributed by atoms with E-state index in [0.29, 0.717) is 13.0 Å². The summed E-state index contributed by atoms with van der Waals surface area (Å²) in [6.45, 7) is 4.16. The van der Waals surface area contributed by atoms with Gasteiger partial charge in [0.25, 0.3) is 0 Å². The molecule has 0 radical (unpaired) electrons. The lowest BCUT2D eigenvalue weighted by atomic mass is 9.85. The van der Waals surface area contributed by atoms with Crippen molar-refractivity contribution < 1.29 is 58.3 Å². The number of hydrogen-bond donors (Lipinski definition) is 6. The third kappa shape index (κ3) is 32.9. The third-order valence-corrected chi connectivity index (χ3v) is 12.7. The summed E-state index contributed by atoms with van der Waals surface area (Å²) >= 11 is 0. The fraction of sp³-hybridized carbons (Fsp3) is 0.824. The highest BCUT2D eigenvalue weighted by Gasteiger charge is 2.51. The maximum Gasteiger partial charge on any atom is 0.472 e. The number of carbonyl (C=O) groups excluding carboxylic acids is 1. The average molecular weight is 929 g/mol. The first-order valence-electron chi connectivity index (χ1n) is 25.5. The van der Waals surface area contributed by atoms with E-state index in [1.807, 2.05) is 0 Å². The zero-order chi connectivity index (χ0) is 46.9. The zero-order valence-corrected chi connectivity index (χ0v) is 41.0. The van der Waals surface area contributed by atoms with Gasteiger partial charge in [-0.1, -0.05) is 197 Å². The topological polar surface area (TPSA) is 192 Å². The first-order chi connectivity index (χ1) is 31.0. The van der Waals surface area contributed by atoms with E-state index in [0.717, 1.165) is 70.6 Å². The van der Waals surface area contributed by atoms with Crippen molar-refractivity contribution >= 4 is 13.8 Å². The van der Waals surface area contributed by atoms with Crippen molar-refractivity contribution in [1.82, 2.24) is 0 Å². The summed E-state index contributed by atoms with van der Waals surface area (Å²) in [5, 5.41) is 50.3. The van der Waals surface area contributed by atoms with Gasteiger partial charge < -0.3 is 39.9 Å². The number of aliphatic hydroxyl groups is 5. The lowest BCUT2D eigenvalue weighted by molar-refractivity contribution is -0.220. The van der Waals surface area contributed by atoms with Gasteiger partial charge in [0.15, 0.2) is 0 Å². The Labute approximate surface area is 388 Å². The lowest BCUT2D eigenvalue weighted by Gasteiger charge is -2.41. The van der Waals surface area contributed by atoms with Gasteiger partial charge in [-0.05, 0) is 51.4 Å².